The van der Waals surface area contributed by atoms with Crippen molar-refractivity contribution in [3.63, 3.8) is 0 Å². The molecule has 0 unspecified atom stereocenters. The van der Waals surface area contributed by atoms with Crippen LogP contribution in [0.5, 0.6) is 0 Å². The van der Waals surface area contributed by atoms with Gasteiger partial charge in [-0.2, -0.15) is 0 Å². The minimum atomic E-state index is -0.580. The van der Waals surface area contributed by atoms with Gasteiger partial charge in [0.1, 0.15) is 5.82 Å². The van der Waals surface area contributed by atoms with E-state index in [1.807, 2.05) is 22.5 Å². The van der Waals surface area contributed by atoms with Crippen molar-refractivity contribution in [1.82, 2.24) is 19.8 Å². The van der Waals surface area contributed by atoms with Gasteiger partial charge in [0.15, 0.2) is 5.76 Å². The fourth-order valence-corrected chi connectivity index (χ4v) is 6.20. The molecule has 0 saturated carbocycles. The summed E-state index contributed by atoms with van der Waals surface area (Å²) in [4.78, 5) is 50.9. The Morgan fingerprint density at radius 1 is 1.18 bits per heavy atom. The van der Waals surface area contributed by atoms with E-state index in [2.05, 4.69) is 21.4 Å². The highest BCUT2D eigenvalue weighted by Gasteiger charge is 2.45. The van der Waals surface area contributed by atoms with Gasteiger partial charge in [0.25, 0.3) is 5.91 Å². The maximum absolute atomic E-state index is 13.1. The second kappa shape index (κ2) is 10.6. The molecule has 10 heteroatoms. The summed E-state index contributed by atoms with van der Waals surface area (Å²) in [5, 5.41) is 6.06. The van der Waals surface area contributed by atoms with Crippen molar-refractivity contribution in [2.24, 2.45) is 5.41 Å². The Labute approximate surface area is 230 Å². The third kappa shape index (κ3) is 5.29. The van der Waals surface area contributed by atoms with Crippen molar-refractivity contribution >= 4 is 41.0 Å². The molecule has 3 aliphatic heterocycles. The van der Waals surface area contributed by atoms with Crippen LogP contribution in [0, 0.1) is 5.41 Å². The number of amides is 3. The van der Waals surface area contributed by atoms with Crippen LogP contribution in [-0.2, 0) is 22.4 Å². The number of thiazole rings is 1. The molecule has 200 valence electrons. The Morgan fingerprint density at radius 2 is 2.05 bits per heavy atom. The minimum Gasteiger partial charge on any atom is -0.459 e. The lowest BCUT2D eigenvalue weighted by Gasteiger charge is -2.42. The van der Waals surface area contributed by atoms with E-state index < -0.39 is 5.41 Å². The first kappa shape index (κ1) is 25.2. The molecule has 1 saturated heterocycles. The topological polar surface area (TPSA) is 109 Å². The summed E-state index contributed by atoms with van der Waals surface area (Å²) in [6.45, 7) is 2.26. The maximum atomic E-state index is 13.1. The predicted molar refractivity (Wildman–Crippen MR) is 147 cm³/mol. The van der Waals surface area contributed by atoms with Gasteiger partial charge in [0.05, 0.1) is 16.7 Å². The molecule has 6 heterocycles. The van der Waals surface area contributed by atoms with Crippen LogP contribution in [0.15, 0.2) is 64.4 Å². The summed E-state index contributed by atoms with van der Waals surface area (Å²) in [7, 11) is 0. The lowest BCUT2D eigenvalue weighted by Crippen LogP contribution is -2.51. The van der Waals surface area contributed by atoms with Crippen LogP contribution in [0.25, 0.3) is 6.08 Å². The zero-order chi connectivity index (χ0) is 26.8. The molecule has 3 aliphatic rings. The number of piperidine rings is 1. The first-order valence-corrected chi connectivity index (χ1v) is 14.0. The first-order valence-electron chi connectivity index (χ1n) is 13.2. The Balaban J connectivity index is 1.08. The van der Waals surface area contributed by atoms with Crippen LogP contribution in [0.3, 0.4) is 0 Å². The highest BCUT2D eigenvalue weighted by Crippen LogP contribution is 2.41. The molecule has 3 aromatic rings. The van der Waals surface area contributed by atoms with Crippen molar-refractivity contribution in [2.75, 3.05) is 31.5 Å². The molecular formula is C29H29N5O4S. The Morgan fingerprint density at radius 3 is 2.77 bits per heavy atom. The lowest BCUT2D eigenvalue weighted by molar-refractivity contribution is -0.128. The fourth-order valence-electron chi connectivity index (χ4n) is 5.53. The highest BCUT2D eigenvalue weighted by atomic mass is 32.1. The van der Waals surface area contributed by atoms with Crippen LogP contribution >= 0.6 is 11.3 Å². The third-order valence-electron chi connectivity index (χ3n) is 7.86. The smallest absolute Gasteiger partial charge is 0.289 e. The van der Waals surface area contributed by atoms with E-state index in [4.69, 9.17) is 4.42 Å². The van der Waals surface area contributed by atoms with E-state index in [-0.39, 0.29) is 17.7 Å². The lowest BCUT2D eigenvalue weighted by atomic mass is 9.71. The summed E-state index contributed by atoms with van der Waals surface area (Å²) < 4.78 is 5.25. The summed E-state index contributed by atoms with van der Waals surface area (Å²) in [6, 6.07) is 5.35. The normalized spacial score (nSPS) is 18.7. The maximum Gasteiger partial charge on any atom is 0.289 e. The number of rotatable bonds is 5. The zero-order valence-corrected chi connectivity index (χ0v) is 22.3. The van der Waals surface area contributed by atoms with E-state index in [1.54, 1.807) is 46.7 Å². The van der Waals surface area contributed by atoms with Gasteiger partial charge >= 0.3 is 0 Å². The van der Waals surface area contributed by atoms with Crippen LogP contribution in [0.4, 0.5) is 5.82 Å². The molecule has 6 rings (SSSR count). The van der Waals surface area contributed by atoms with E-state index in [9.17, 15) is 14.4 Å². The van der Waals surface area contributed by atoms with Crippen LogP contribution < -0.4 is 5.32 Å². The number of furan rings is 1. The number of nitrogens with zero attached hydrogens (tertiary/aromatic N) is 4. The van der Waals surface area contributed by atoms with Crippen molar-refractivity contribution < 1.29 is 18.8 Å². The largest absolute Gasteiger partial charge is 0.459 e. The molecule has 0 radical (unpaired) electrons. The van der Waals surface area contributed by atoms with Gasteiger partial charge < -0.3 is 19.5 Å². The molecule has 0 bridgehead atoms. The number of carbonyl (C=O) groups excluding carboxylic acids is 3. The molecule has 1 N–H and O–H groups in total. The number of anilines is 1. The number of likely N-dealkylation sites (tertiary alicyclic amines) is 1. The van der Waals surface area contributed by atoms with Gasteiger partial charge in [-0.1, -0.05) is 11.6 Å². The minimum absolute atomic E-state index is 0.0318. The quantitative estimate of drug-likeness (QED) is 0.386. The Kier molecular flexibility index (Phi) is 6.86. The standard InChI is InChI=1S/C29H29N5O4S/c35-25(33-10-5-20(6-11-33)17-24-30-9-15-39-24)4-3-21-16-22-18-29(28(37)32-26(22)31-19-21)7-12-34(13-8-29)27(36)23-2-1-14-38-23/h1-5,9,14-16,19H,6-8,10-13,17-18H2,(H,31,32,37). The molecule has 9 nitrogen and oxygen atoms in total. The van der Waals surface area contributed by atoms with Gasteiger partial charge in [0.2, 0.25) is 11.8 Å². The summed E-state index contributed by atoms with van der Waals surface area (Å²) >= 11 is 1.66. The highest BCUT2D eigenvalue weighted by molar-refractivity contribution is 7.09. The molecule has 3 aromatic heterocycles. The summed E-state index contributed by atoms with van der Waals surface area (Å²) in [5.74, 6) is 0.660. The van der Waals surface area contributed by atoms with Crippen molar-refractivity contribution in [3.8, 4) is 0 Å². The Bertz CT molecular complexity index is 1440. The van der Waals surface area contributed by atoms with Gasteiger partial charge in [-0.15, -0.1) is 11.3 Å². The Hall–Kier alpha value is -4.05. The second-order valence-electron chi connectivity index (χ2n) is 10.3. The molecule has 0 aliphatic carbocycles. The SMILES string of the molecule is O=C(C=Cc1cnc2c(c1)CC1(CCN(C(=O)c3ccco3)CC1)C(=O)N2)N1CC=C(Cc2nccs2)CC1. The van der Waals surface area contributed by atoms with Crippen molar-refractivity contribution in [1.29, 1.82) is 0 Å². The molecule has 0 atom stereocenters. The van der Waals surface area contributed by atoms with Crippen molar-refractivity contribution in [3.05, 3.63) is 81.9 Å². The second-order valence-corrected chi connectivity index (χ2v) is 11.3. The molecule has 0 aromatic carbocycles. The number of pyridine rings is 1. The van der Waals surface area contributed by atoms with Crippen LogP contribution in [0.2, 0.25) is 0 Å². The predicted octanol–water partition coefficient (Wildman–Crippen LogP) is 3.96. The average Bonchev–Trinajstić information content (AvgIpc) is 3.68. The molecule has 1 spiro atoms. The zero-order valence-electron chi connectivity index (χ0n) is 21.5. The van der Waals surface area contributed by atoms with E-state index in [1.165, 1.54) is 11.8 Å². The summed E-state index contributed by atoms with van der Waals surface area (Å²) in [6.07, 6.45) is 13.9. The number of aromatic nitrogens is 2. The van der Waals surface area contributed by atoms with Gasteiger partial charge in [-0.3, -0.25) is 14.4 Å². The van der Waals surface area contributed by atoms with E-state index in [0.29, 0.717) is 57.0 Å². The number of nitrogens with one attached hydrogen (secondary N) is 1. The number of fused-ring (bicyclic) bond motifs is 1. The van der Waals surface area contributed by atoms with Gasteiger partial charge in [-0.05, 0) is 61.1 Å². The molecular weight excluding hydrogens is 514 g/mol. The molecule has 39 heavy (non-hydrogen) atoms. The van der Waals surface area contributed by atoms with E-state index in [0.717, 1.165) is 29.0 Å². The van der Waals surface area contributed by atoms with Crippen LogP contribution in [0.1, 0.15) is 46.0 Å². The first-order chi connectivity index (χ1) is 19.0. The van der Waals surface area contributed by atoms with Crippen molar-refractivity contribution in [2.45, 2.75) is 32.1 Å². The number of carbonyl (C=O) groups is 3. The molecule has 3 amide bonds. The average molecular weight is 544 g/mol. The van der Waals surface area contributed by atoms with E-state index >= 15 is 0 Å². The number of hydrogen-bond acceptors (Lipinski definition) is 7. The van der Waals surface area contributed by atoms with Gasteiger partial charge in [-0.25, -0.2) is 9.97 Å². The van der Waals surface area contributed by atoms with Crippen LogP contribution in [-0.4, -0.2) is 63.7 Å². The molecule has 1 fully saturated rings. The number of hydrogen-bond donors (Lipinski definition) is 1. The van der Waals surface area contributed by atoms with Gasteiger partial charge in [0, 0.05) is 56.4 Å². The monoisotopic (exact) mass is 543 g/mol. The third-order valence-corrected chi connectivity index (χ3v) is 8.64. The fraction of sp³-hybridized carbons (Fsp3) is 0.345. The summed E-state index contributed by atoms with van der Waals surface area (Å²) in [5.41, 5.74) is 2.51.